The van der Waals surface area contributed by atoms with Crippen LogP contribution in [0.1, 0.15) is 24.0 Å². The third-order valence-corrected chi connectivity index (χ3v) is 2.62. The van der Waals surface area contributed by atoms with Crippen molar-refractivity contribution in [2.24, 2.45) is 5.92 Å². The van der Waals surface area contributed by atoms with Crippen LogP contribution in [0, 0.1) is 12.8 Å². The third kappa shape index (κ3) is 0.437. The van der Waals surface area contributed by atoms with Gasteiger partial charge in [-0.1, -0.05) is 0 Å². The van der Waals surface area contributed by atoms with Crippen molar-refractivity contribution in [3.8, 4) is 0 Å². The van der Waals surface area contributed by atoms with E-state index in [9.17, 15) is 0 Å². The van der Waals surface area contributed by atoms with Crippen LogP contribution in [-0.2, 0) is 6.42 Å². The van der Waals surface area contributed by atoms with E-state index in [-0.39, 0.29) is 0 Å². The molecule has 2 aliphatic rings. The first-order chi connectivity index (χ1) is 4.84. The van der Waals surface area contributed by atoms with Crippen LogP contribution in [0.4, 0.5) is 0 Å². The lowest BCUT2D eigenvalue weighted by Gasteiger charge is -1.94. The third-order valence-electron chi connectivity index (χ3n) is 2.62. The fourth-order valence-corrected chi connectivity index (χ4v) is 2.03. The molecule has 3 rings (SSSR count). The van der Waals surface area contributed by atoms with E-state index < -0.39 is 0 Å². The maximum Gasteiger partial charge on any atom is 0.109 e. The van der Waals surface area contributed by atoms with Gasteiger partial charge in [-0.15, -0.1) is 0 Å². The molecule has 10 heavy (non-hydrogen) atoms. The molecule has 2 heteroatoms. The minimum absolute atomic E-state index is 0.844. The second kappa shape index (κ2) is 1.29. The molecule has 1 fully saturated rings. The highest BCUT2D eigenvalue weighted by molar-refractivity contribution is 5.16. The Morgan fingerprint density at radius 2 is 2.60 bits per heavy atom. The second-order valence-corrected chi connectivity index (χ2v) is 3.47. The first-order valence-electron chi connectivity index (χ1n) is 3.89. The van der Waals surface area contributed by atoms with E-state index in [2.05, 4.69) is 22.7 Å². The summed E-state index contributed by atoms with van der Waals surface area (Å²) in [5, 5.41) is 0. The zero-order valence-electron chi connectivity index (χ0n) is 6.04. The number of aromatic nitrogens is 2. The normalized spacial score (nSPS) is 33.7. The molecule has 1 saturated carbocycles. The molecule has 1 aliphatic carbocycles. The number of rotatable bonds is 0. The average molecular weight is 134 g/mol. The van der Waals surface area contributed by atoms with E-state index in [1.807, 2.05) is 0 Å². The fourth-order valence-electron chi connectivity index (χ4n) is 2.03. The molecule has 0 bridgehead atoms. The summed E-state index contributed by atoms with van der Waals surface area (Å²) in [6.45, 7) is 2.07. The quantitative estimate of drug-likeness (QED) is 0.523. The van der Waals surface area contributed by atoms with Gasteiger partial charge in [-0.25, -0.2) is 4.98 Å². The van der Waals surface area contributed by atoms with Gasteiger partial charge in [-0.2, -0.15) is 0 Å². The van der Waals surface area contributed by atoms with E-state index in [0.717, 1.165) is 12.0 Å². The molecule has 2 unspecified atom stereocenters. The molecule has 52 valence electrons. The zero-order valence-corrected chi connectivity index (χ0v) is 6.04. The van der Waals surface area contributed by atoms with Crippen molar-refractivity contribution in [2.45, 2.75) is 25.8 Å². The SMILES string of the molecule is Cc1cn2c(n1)CC1CC12. The molecular weight excluding hydrogens is 124 g/mol. The summed E-state index contributed by atoms with van der Waals surface area (Å²) in [5.74, 6) is 2.28. The van der Waals surface area contributed by atoms with Gasteiger partial charge >= 0.3 is 0 Å². The molecule has 0 aromatic carbocycles. The first-order valence-corrected chi connectivity index (χ1v) is 3.89. The number of imidazole rings is 1. The van der Waals surface area contributed by atoms with E-state index in [4.69, 9.17) is 0 Å². The minimum Gasteiger partial charge on any atom is -0.331 e. The largest absolute Gasteiger partial charge is 0.331 e. The predicted octanol–water partition coefficient (Wildman–Crippen LogP) is 1.31. The van der Waals surface area contributed by atoms with Crippen LogP contribution in [0.5, 0.6) is 0 Å². The Morgan fingerprint density at radius 1 is 1.70 bits per heavy atom. The molecule has 2 nitrogen and oxygen atoms in total. The molecule has 1 aromatic rings. The smallest absolute Gasteiger partial charge is 0.109 e. The fraction of sp³-hybridized carbons (Fsp3) is 0.625. The predicted molar refractivity (Wildman–Crippen MR) is 37.8 cm³/mol. The Kier molecular flexibility index (Phi) is 0.636. The van der Waals surface area contributed by atoms with Gasteiger partial charge < -0.3 is 4.57 Å². The van der Waals surface area contributed by atoms with Crippen LogP contribution in [0.25, 0.3) is 0 Å². The summed E-state index contributed by atoms with van der Waals surface area (Å²) in [6, 6.07) is 0.844. The number of aryl methyl sites for hydroxylation is 1. The monoisotopic (exact) mass is 134 g/mol. The molecule has 0 N–H and O–H groups in total. The maximum atomic E-state index is 4.44. The number of hydrogen-bond donors (Lipinski definition) is 0. The number of nitrogens with zero attached hydrogens (tertiary/aromatic N) is 2. The Labute approximate surface area is 59.9 Å². The van der Waals surface area contributed by atoms with Crippen molar-refractivity contribution < 1.29 is 0 Å². The molecule has 0 saturated heterocycles. The summed E-state index contributed by atoms with van der Waals surface area (Å²) in [6.07, 6.45) is 4.83. The van der Waals surface area contributed by atoms with Crippen molar-refractivity contribution in [3.63, 3.8) is 0 Å². The maximum absolute atomic E-state index is 4.44. The summed E-state index contributed by atoms with van der Waals surface area (Å²) >= 11 is 0. The topological polar surface area (TPSA) is 17.8 Å². The summed E-state index contributed by atoms with van der Waals surface area (Å²) < 4.78 is 2.36. The van der Waals surface area contributed by atoms with Crippen LogP contribution < -0.4 is 0 Å². The molecule has 0 spiro atoms. The molecule has 0 radical (unpaired) electrons. The highest BCUT2D eigenvalue weighted by atomic mass is 15.2. The van der Waals surface area contributed by atoms with Gasteiger partial charge in [0.2, 0.25) is 0 Å². The van der Waals surface area contributed by atoms with Gasteiger partial charge in [0.25, 0.3) is 0 Å². The Hall–Kier alpha value is -0.790. The Morgan fingerprint density at radius 3 is 3.40 bits per heavy atom. The van der Waals surface area contributed by atoms with Crippen molar-refractivity contribution in [1.82, 2.24) is 9.55 Å². The molecule has 0 amide bonds. The van der Waals surface area contributed by atoms with Crippen LogP contribution in [0.3, 0.4) is 0 Å². The molecule has 2 heterocycles. The average Bonchev–Trinajstić information content (AvgIpc) is 2.40. The van der Waals surface area contributed by atoms with Crippen LogP contribution in [0.2, 0.25) is 0 Å². The molecule has 1 aliphatic heterocycles. The number of hydrogen-bond acceptors (Lipinski definition) is 1. The summed E-state index contributed by atoms with van der Waals surface area (Å²) in [7, 11) is 0. The van der Waals surface area contributed by atoms with Gasteiger partial charge in [-0.3, -0.25) is 0 Å². The number of fused-ring (bicyclic) bond motifs is 3. The standard InChI is InChI=1S/C8H10N2/c1-5-4-10-7-2-6(7)3-8(10)9-5/h4,6-7H,2-3H2,1H3. The summed E-state index contributed by atoms with van der Waals surface area (Å²) in [4.78, 5) is 4.44. The first kappa shape index (κ1) is 4.94. The van der Waals surface area contributed by atoms with Crippen molar-refractivity contribution in [1.29, 1.82) is 0 Å². The van der Waals surface area contributed by atoms with Gasteiger partial charge in [0.1, 0.15) is 5.82 Å². The molecular formula is C8H10N2. The Balaban J connectivity index is 2.20. The lowest BCUT2D eigenvalue weighted by molar-refractivity contribution is 0.745. The van der Waals surface area contributed by atoms with Crippen molar-refractivity contribution in [3.05, 3.63) is 17.7 Å². The molecule has 1 aromatic heterocycles. The van der Waals surface area contributed by atoms with Crippen LogP contribution in [0.15, 0.2) is 6.20 Å². The minimum atomic E-state index is 0.844. The van der Waals surface area contributed by atoms with Gasteiger partial charge in [0.05, 0.1) is 5.69 Å². The Bertz CT molecular complexity index is 287. The van der Waals surface area contributed by atoms with Crippen molar-refractivity contribution >= 4 is 0 Å². The van der Waals surface area contributed by atoms with Crippen LogP contribution >= 0.6 is 0 Å². The second-order valence-electron chi connectivity index (χ2n) is 3.47. The lowest BCUT2D eigenvalue weighted by Crippen LogP contribution is -1.91. The highest BCUT2D eigenvalue weighted by Gasteiger charge is 2.45. The highest BCUT2D eigenvalue weighted by Crippen LogP contribution is 2.51. The van der Waals surface area contributed by atoms with Gasteiger partial charge in [0, 0.05) is 18.7 Å². The van der Waals surface area contributed by atoms with E-state index in [1.165, 1.54) is 24.4 Å². The molecule has 2 atom stereocenters. The zero-order chi connectivity index (χ0) is 6.72. The van der Waals surface area contributed by atoms with Gasteiger partial charge in [-0.05, 0) is 19.3 Å². The van der Waals surface area contributed by atoms with E-state index in [0.29, 0.717) is 0 Å². The summed E-state index contributed by atoms with van der Waals surface area (Å²) in [5.41, 5.74) is 1.18. The lowest BCUT2D eigenvalue weighted by atomic mass is 10.3. The van der Waals surface area contributed by atoms with E-state index >= 15 is 0 Å². The van der Waals surface area contributed by atoms with Crippen molar-refractivity contribution in [2.75, 3.05) is 0 Å². The van der Waals surface area contributed by atoms with E-state index in [1.54, 1.807) is 0 Å². The van der Waals surface area contributed by atoms with Gasteiger partial charge in [0.15, 0.2) is 0 Å². The van der Waals surface area contributed by atoms with Crippen LogP contribution in [-0.4, -0.2) is 9.55 Å².